The average Bonchev–Trinajstić information content (AvgIpc) is 2.14. The molecule has 0 amide bonds. The first-order valence-corrected chi connectivity index (χ1v) is 6.60. The molecule has 0 unspecified atom stereocenters. The van der Waals surface area contributed by atoms with E-state index in [9.17, 15) is 9.59 Å². The highest BCUT2D eigenvalue weighted by atomic mass is 16.2. The first-order valence-electron chi connectivity index (χ1n) is 6.60. The van der Waals surface area contributed by atoms with Crippen LogP contribution in [0.3, 0.4) is 0 Å². The largest absolute Gasteiger partial charge is 0.298 e. The molecule has 0 radical (unpaired) electrons. The lowest BCUT2D eigenvalue weighted by molar-refractivity contribution is -0.142. The maximum Gasteiger partial charge on any atom is 0.148 e. The van der Waals surface area contributed by atoms with Crippen molar-refractivity contribution in [2.24, 2.45) is 16.7 Å². The quantitative estimate of drug-likeness (QED) is 0.680. The molecule has 2 nitrogen and oxygen atoms in total. The van der Waals surface area contributed by atoms with Crippen LogP contribution in [-0.4, -0.2) is 11.6 Å². The zero-order valence-electron chi connectivity index (χ0n) is 12.5. The standard InChI is InChI=1S/C15H28O2/c1-8-9-10-11(12(16)14(2,3)4)13(17)15(5,6)7/h11H,8-10H2,1-7H3. The van der Waals surface area contributed by atoms with E-state index in [1.54, 1.807) is 0 Å². The van der Waals surface area contributed by atoms with Crippen LogP contribution in [0.15, 0.2) is 0 Å². The number of hydrogen-bond donors (Lipinski definition) is 0. The van der Waals surface area contributed by atoms with Crippen molar-refractivity contribution in [2.45, 2.75) is 67.7 Å². The van der Waals surface area contributed by atoms with Gasteiger partial charge in [-0.25, -0.2) is 0 Å². The van der Waals surface area contributed by atoms with E-state index in [-0.39, 0.29) is 11.6 Å². The Balaban J connectivity index is 5.02. The number of ketones is 2. The summed E-state index contributed by atoms with van der Waals surface area (Å²) in [7, 11) is 0. The second kappa shape index (κ2) is 5.79. The third-order valence-corrected chi connectivity index (χ3v) is 2.96. The molecular weight excluding hydrogens is 212 g/mol. The molecule has 0 aromatic heterocycles. The topological polar surface area (TPSA) is 34.1 Å². The van der Waals surface area contributed by atoms with Gasteiger partial charge in [0.1, 0.15) is 11.6 Å². The molecule has 0 fully saturated rings. The van der Waals surface area contributed by atoms with Gasteiger partial charge in [0, 0.05) is 10.8 Å². The lowest BCUT2D eigenvalue weighted by Gasteiger charge is -2.28. The summed E-state index contributed by atoms with van der Waals surface area (Å²) >= 11 is 0. The van der Waals surface area contributed by atoms with Crippen molar-refractivity contribution in [2.75, 3.05) is 0 Å². The van der Waals surface area contributed by atoms with Crippen LogP contribution in [0, 0.1) is 16.7 Å². The van der Waals surface area contributed by atoms with Gasteiger partial charge < -0.3 is 0 Å². The number of carbonyl (C=O) groups is 2. The van der Waals surface area contributed by atoms with Gasteiger partial charge in [-0.05, 0) is 6.42 Å². The summed E-state index contributed by atoms with van der Waals surface area (Å²) < 4.78 is 0. The minimum absolute atomic E-state index is 0.0888. The van der Waals surface area contributed by atoms with Crippen molar-refractivity contribution < 1.29 is 9.59 Å². The maximum absolute atomic E-state index is 12.3. The Morgan fingerprint density at radius 2 is 1.24 bits per heavy atom. The van der Waals surface area contributed by atoms with Gasteiger partial charge in [0.2, 0.25) is 0 Å². The Morgan fingerprint density at radius 1 is 0.882 bits per heavy atom. The summed E-state index contributed by atoms with van der Waals surface area (Å²) in [6, 6.07) is 0. The molecule has 0 aliphatic heterocycles. The average molecular weight is 240 g/mol. The number of Topliss-reactive ketones (excluding diaryl/α,β-unsaturated/α-hetero) is 2. The van der Waals surface area contributed by atoms with Gasteiger partial charge in [0.25, 0.3) is 0 Å². The molecule has 0 rings (SSSR count). The van der Waals surface area contributed by atoms with Gasteiger partial charge in [-0.15, -0.1) is 0 Å². The molecule has 0 heterocycles. The fraction of sp³-hybridized carbons (Fsp3) is 0.867. The third-order valence-electron chi connectivity index (χ3n) is 2.96. The molecule has 0 bridgehead atoms. The van der Waals surface area contributed by atoms with Crippen LogP contribution in [0.2, 0.25) is 0 Å². The zero-order valence-corrected chi connectivity index (χ0v) is 12.5. The van der Waals surface area contributed by atoms with Crippen molar-refractivity contribution in [1.29, 1.82) is 0 Å². The molecule has 0 spiro atoms. The highest BCUT2D eigenvalue weighted by molar-refractivity contribution is 6.06. The SMILES string of the molecule is CCCCC(C(=O)C(C)(C)C)C(=O)C(C)(C)C. The molecular formula is C15H28O2. The Bertz CT molecular complexity index is 250. The molecule has 0 aliphatic rings. The lowest BCUT2D eigenvalue weighted by Crippen LogP contribution is -2.39. The summed E-state index contributed by atoms with van der Waals surface area (Å²) in [6.07, 6.45) is 2.66. The van der Waals surface area contributed by atoms with E-state index in [4.69, 9.17) is 0 Å². The van der Waals surface area contributed by atoms with Crippen molar-refractivity contribution in [3.8, 4) is 0 Å². The highest BCUT2D eigenvalue weighted by Gasteiger charge is 2.38. The van der Waals surface area contributed by atoms with Crippen LogP contribution in [0.5, 0.6) is 0 Å². The Labute approximate surface area is 106 Å². The predicted octanol–water partition coefficient (Wildman–Crippen LogP) is 4.02. The second-order valence-electron chi connectivity index (χ2n) is 6.92. The predicted molar refractivity (Wildman–Crippen MR) is 71.9 cm³/mol. The fourth-order valence-electron chi connectivity index (χ4n) is 1.83. The number of rotatable bonds is 5. The fourth-order valence-corrected chi connectivity index (χ4v) is 1.83. The van der Waals surface area contributed by atoms with Gasteiger partial charge in [0.15, 0.2) is 0 Å². The molecule has 17 heavy (non-hydrogen) atoms. The van der Waals surface area contributed by atoms with Crippen LogP contribution in [0.4, 0.5) is 0 Å². The molecule has 0 aliphatic carbocycles. The van der Waals surface area contributed by atoms with E-state index < -0.39 is 16.7 Å². The molecule has 100 valence electrons. The monoisotopic (exact) mass is 240 g/mol. The van der Waals surface area contributed by atoms with Gasteiger partial charge in [0.05, 0.1) is 5.92 Å². The van der Waals surface area contributed by atoms with Crippen LogP contribution in [0.25, 0.3) is 0 Å². The molecule has 2 heteroatoms. The van der Waals surface area contributed by atoms with Crippen molar-refractivity contribution in [1.82, 2.24) is 0 Å². The third kappa shape index (κ3) is 5.01. The van der Waals surface area contributed by atoms with Crippen molar-refractivity contribution in [3.05, 3.63) is 0 Å². The summed E-state index contributed by atoms with van der Waals surface area (Å²) in [5.74, 6) is -0.244. The smallest absolute Gasteiger partial charge is 0.148 e. The summed E-state index contributed by atoms with van der Waals surface area (Å²) in [5.41, 5.74) is -0.862. The van der Waals surface area contributed by atoms with Crippen LogP contribution in [0.1, 0.15) is 67.7 Å². The first kappa shape index (κ1) is 16.3. The van der Waals surface area contributed by atoms with Gasteiger partial charge in [-0.2, -0.15) is 0 Å². The normalized spacial score (nSPS) is 12.9. The first-order chi connectivity index (χ1) is 7.51. The molecule has 0 saturated carbocycles. The van der Waals surface area contributed by atoms with E-state index in [0.29, 0.717) is 6.42 Å². The Kier molecular flexibility index (Phi) is 5.57. The van der Waals surface area contributed by atoms with E-state index in [1.165, 1.54) is 0 Å². The van der Waals surface area contributed by atoms with E-state index in [0.717, 1.165) is 12.8 Å². The minimum atomic E-state index is -0.431. The summed E-state index contributed by atoms with van der Waals surface area (Å²) in [6.45, 7) is 13.4. The van der Waals surface area contributed by atoms with Crippen LogP contribution >= 0.6 is 0 Å². The van der Waals surface area contributed by atoms with Gasteiger partial charge in [-0.1, -0.05) is 61.3 Å². The van der Waals surface area contributed by atoms with E-state index in [2.05, 4.69) is 6.92 Å². The Hall–Kier alpha value is -0.660. The number of carbonyl (C=O) groups excluding carboxylic acids is 2. The molecule has 0 aromatic carbocycles. The maximum atomic E-state index is 12.3. The van der Waals surface area contributed by atoms with E-state index >= 15 is 0 Å². The van der Waals surface area contributed by atoms with Gasteiger partial charge >= 0.3 is 0 Å². The van der Waals surface area contributed by atoms with Crippen LogP contribution in [-0.2, 0) is 9.59 Å². The van der Waals surface area contributed by atoms with Crippen LogP contribution < -0.4 is 0 Å². The second-order valence-corrected chi connectivity index (χ2v) is 6.92. The molecule has 0 atom stereocenters. The van der Waals surface area contributed by atoms with Crippen molar-refractivity contribution in [3.63, 3.8) is 0 Å². The van der Waals surface area contributed by atoms with Gasteiger partial charge in [-0.3, -0.25) is 9.59 Å². The molecule has 0 saturated heterocycles. The molecule has 0 N–H and O–H groups in total. The Morgan fingerprint density at radius 3 is 1.47 bits per heavy atom. The number of hydrogen-bond acceptors (Lipinski definition) is 2. The minimum Gasteiger partial charge on any atom is -0.298 e. The summed E-state index contributed by atoms with van der Waals surface area (Å²) in [5, 5.41) is 0. The van der Waals surface area contributed by atoms with Crippen molar-refractivity contribution >= 4 is 11.6 Å². The number of unbranched alkanes of at least 4 members (excludes halogenated alkanes) is 1. The molecule has 0 aromatic rings. The highest BCUT2D eigenvalue weighted by Crippen LogP contribution is 2.30. The lowest BCUT2D eigenvalue weighted by atomic mass is 9.73. The zero-order chi connectivity index (χ0) is 13.9. The van der Waals surface area contributed by atoms with E-state index in [1.807, 2.05) is 41.5 Å². The summed E-state index contributed by atoms with van der Waals surface area (Å²) in [4.78, 5) is 24.7.